The van der Waals surface area contributed by atoms with E-state index in [-0.39, 0.29) is 5.75 Å². The number of phenolic OH excluding ortho intramolecular Hbond substituents is 1. The third-order valence-electron chi connectivity index (χ3n) is 4.57. The van der Waals surface area contributed by atoms with E-state index in [0.29, 0.717) is 16.8 Å². The van der Waals surface area contributed by atoms with Gasteiger partial charge in [-0.1, -0.05) is 43.1 Å². The lowest BCUT2D eigenvalue weighted by Crippen LogP contribution is -1.93. The minimum absolute atomic E-state index is 0.130. The number of fused-ring (bicyclic) bond motifs is 1. The Labute approximate surface area is 191 Å². The number of anilines is 4. The van der Waals surface area contributed by atoms with Crippen LogP contribution in [0.25, 0.3) is 21.9 Å². The summed E-state index contributed by atoms with van der Waals surface area (Å²) in [6.07, 6.45) is 0. The van der Waals surface area contributed by atoms with Gasteiger partial charge in [-0.25, -0.2) is 0 Å². The van der Waals surface area contributed by atoms with Crippen molar-refractivity contribution in [2.75, 3.05) is 29.0 Å². The number of rotatable bonds is 4. The summed E-state index contributed by atoms with van der Waals surface area (Å²) in [5, 5.41) is 11.4. The summed E-state index contributed by atoms with van der Waals surface area (Å²) in [6.45, 7) is 0. The average Bonchev–Trinajstić information content (AvgIpc) is 2.76. The fraction of sp³-hybridized carbons (Fsp3) is 0.0435. The molecule has 0 aliphatic heterocycles. The Kier molecular flexibility index (Phi) is 7.41. The Morgan fingerprint density at radius 1 is 0.839 bits per heavy atom. The third kappa shape index (κ3) is 5.49. The molecule has 0 atom stereocenters. The quantitative estimate of drug-likeness (QED) is 0.136. The summed E-state index contributed by atoms with van der Waals surface area (Å²) in [5.74, 6) is 0.130. The fourth-order valence-electron chi connectivity index (χ4n) is 3.04. The maximum Gasteiger partial charge on any atom is 0.126 e. The van der Waals surface area contributed by atoms with E-state index in [1.807, 2.05) is 66.7 Å². The molecule has 4 rings (SSSR count). The molecular weight excluding hydrogens is 428 g/mol. The van der Waals surface area contributed by atoms with Gasteiger partial charge >= 0.3 is 0 Å². The van der Waals surface area contributed by atoms with E-state index in [0.717, 1.165) is 32.8 Å². The highest BCUT2D eigenvalue weighted by molar-refractivity contribution is 7.94. The number of aromatic hydroxyl groups is 1. The molecule has 8 heteroatoms. The first-order chi connectivity index (χ1) is 14.9. The zero-order chi connectivity index (χ0) is 22.4. The SMILES string of the molecule is COSc1cc(O)c2c(N)c(NS)ccc2c1.Nc1ccc(-c2ccc(N)cc2)cc1. The van der Waals surface area contributed by atoms with Crippen LogP contribution in [0, 0.1) is 0 Å². The van der Waals surface area contributed by atoms with Crippen molar-refractivity contribution >= 4 is 58.4 Å². The largest absolute Gasteiger partial charge is 0.507 e. The lowest BCUT2D eigenvalue weighted by Gasteiger charge is -2.10. The number of phenols is 1. The lowest BCUT2D eigenvalue weighted by molar-refractivity contribution is 0.477. The van der Waals surface area contributed by atoms with Crippen LogP contribution in [-0.4, -0.2) is 12.2 Å². The Hall–Kier alpha value is -3.20. The number of nitrogen functional groups attached to an aromatic ring is 3. The van der Waals surface area contributed by atoms with Crippen molar-refractivity contribution in [3.05, 3.63) is 72.8 Å². The number of nitrogens with one attached hydrogen (secondary N) is 1. The van der Waals surface area contributed by atoms with Crippen molar-refractivity contribution in [1.82, 2.24) is 0 Å². The monoisotopic (exact) mass is 452 g/mol. The van der Waals surface area contributed by atoms with E-state index in [2.05, 4.69) is 17.5 Å². The second kappa shape index (κ2) is 10.2. The molecule has 0 aromatic heterocycles. The first kappa shape index (κ1) is 22.5. The van der Waals surface area contributed by atoms with Crippen LogP contribution in [0.15, 0.2) is 77.7 Å². The molecule has 6 nitrogen and oxygen atoms in total. The van der Waals surface area contributed by atoms with Crippen LogP contribution < -0.4 is 21.9 Å². The summed E-state index contributed by atoms with van der Waals surface area (Å²) in [4.78, 5) is 0.823. The zero-order valence-corrected chi connectivity index (χ0v) is 18.6. The minimum atomic E-state index is 0.130. The van der Waals surface area contributed by atoms with Gasteiger partial charge in [0.1, 0.15) is 5.75 Å². The van der Waals surface area contributed by atoms with Gasteiger partial charge in [0.25, 0.3) is 0 Å². The molecule has 0 amide bonds. The summed E-state index contributed by atoms with van der Waals surface area (Å²) in [5.41, 5.74) is 22.2. The number of nitrogens with two attached hydrogens (primary N) is 3. The summed E-state index contributed by atoms with van der Waals surface area (Å²) in [6, 6.07) is 22.8. The molecule has 0 spiro atoms. The summed E-state index contributed by atoms with van der Waals surface area (Å²) >= 11 is 5.15. The van der Waals surface area contributed by atoms with Gasteiger partial charge in [0, 0.05) is 33.7 Å². The topological polar surface area (TPSA) is 120 Å². The molecule has 4 aromatic rings. The van der Waals surface area contributed by atoms with Crippen LogP contribution in [0.4, 0.5) is 22.7 Å². The number of hydrogen-bond donors (Lipinski definition) is 6. The highest BCUT2D eigenvalue weighted by atomic mass is 32.2. The molecule has 0 saturated heterocycles. The van der Waals surface area contributed by atoms with Crippen molar-refractivity contribution in [2.24, 2.45) is 0 Å². The van der Waals surface area contributed by atoms with Gasteiger partial charge in [-0.3, -0.25) is 0 Å². The molecule has 0 heterocycles. The second-order valence-corrected chi connectivity index (χ2v) is 7.87. The highest BCUT2D eigenvalue weighted by Crippen LogP contribution is 2.38. The maximum absolute atomic E-state index is 9.98. The molecule has 31 heavy (non-hydrogen) atoms. The summed E-state index contributed by atoms with van der Waals surface area (Å²) < 4.78 is 7.64. The molecule has 0 radical (unpaired) electrons. The molecule has 0 saturated carbocycles. The number of hydrogen-bond acceptors (Lipinski definition) is 8. The number of benzene rings is 4. The Morgan fingerprint density at radius 2 is 1.39 bits per heavy atom. The molecule has 0 fully saturated rings. The molecule has 4 aromatic carbocycles. The maximum atomic E-state index is 9.98. The van der Waals surface area contributed by atoms with Crippen LogP contribution in [-0.2, 0) is 4.18 Å². The molecule has 0 unspecified atom stereocenters. The normalized spacial score (nSPS) is 10.4. The average molecular weight is 453 g/mol. The zero-order valence-electron chi connectivity index (χ0n) is 16.9. The molecular formula is C23H24N4O2S2. The van der Waals surface area contributed by atoms with Crippen molar-refractivity contribution in [3.8, 4) is 16.9 Å². The van der Waals surface area contributed by atoms with E-state index in [4.69, 9.17) is 21.4 Å². The fourth-order valence-corrected chi connectivity index (χ4v) is 3.76. The van der Waals surface area contributed by atoms with Gasteiger partial charge in [-0.15, -0.1) is 0 Å². The lowest BCUT2D eigenvalue weighted by atomic mass is 10.1. The van der Waals surface area contributed by atoms with Gasteiger partial charge in [-0.2, -0.15) is 0 Å². The van der Waals surface area contributed by atoms with E-state index in [9.17, 15) is 5.11 Å². The van der Waals surface area contributed by atoms with E-state index in [1.165, 1.54) is 12.0 Å². The van der Waals surface area contributed by atoms with Gasteiger partial charge in [0.05, 0.1) is 18.5 Å². The molecule has 0 aliphatic carbocycles. The van der Waals surface area contributed by atoms with Crippen molar-refractivity contribution < 1.29 is 9.29 Å². The predicted molar refractivity (Wildman–Crippen MR) is 136 cm³/mol. The Morgan fingerprint density at radius 3 is 1.87 bits per heavy atom. The van der Waals surface area contributed by atoms with Gasteiger partial charge in [0.15, 0.2) is 0 Å². The first-order valence-electron chi connectivity index (χ1n) is 9.30. The van der Waals surface area contributed by atoms with Crippen molar-refractivity contribution in [1.29, 1.82) is 0 Å². The molecule has 0 aliphatic rings. The molecule has 8 N–H and O–H groups in total. The molecule has 160 valence electrons. The van der Waals surface area contributed by atoms with E-state index < -0.39 is 0 Å². The first-order valence-corrected chi connectivity index (χ1v) is 10.5. The second-order valence-electron chi connectivity index (χ2n) is 6.67. The van der Waals surface area contributed by atoms with Crippen LogP contribution in [0.3, 0.4) is 0 Å². The van der Waals surface area contributed by atoms with Crippen molar-refractivity contribution in [2.45, 2.75) is 4.90 Å². The van der Waals surface area contributed by atoms with Crippen LogP contribution in [0.2, 0.25) is 0 Å². The van der Waals surface area contributed by atoms with Crippen LogP contribution in [0.1, 0.15) is 0 Å². The van der Waals surface area contributed by atoms with Crippen LogP contribution >= 0.6 is 24.9 Å². The van der Waals surface area contributed by atoms with E-state index in [1.54, 1.807) is 13.2 Å². The summed E-state index contributed by atoms with van der Waals surface area (Å²) in [7, 11) is 1.58. The minimum Gasteiger partial charge on any atom is -0.507 e. The smallest absolute Gasteiger partial charge is 0.126 e. The number of thiol groups is 1. The third-order valence-corrected chi connectivity index (χ3v) is 5.40. The standard InChI is InChI=1S/C12H12N2.C11H12N2O2S2/c13-11-5-1-9(2-6-11)10-3-7-12(14)8-4-10;1-15-17-7-4-6-2-3-8(13-16)11(12)10(6)9(14)5-7/h1-8H,13-14H2;2-5,13-14,16H,12H2,1H3. The highest BCUT2D eigenvalue weighted by Gasteiger charge is 2.10. The Bertz CT molecular complexity index is 1120. The predicted octanol–water partition coefficient (Wildman–Crippen LogP) is 5.56. The van der Waals surface area contributed by atoms with Crippen LogP contribution in [0.5, 0.6) is 5.75 Å². The van der Waals surface area contributed by atoms with Gasteiger partial charge < -0.3 is 31.2 Å². The molecule has 0 bridgehead atoms. The Balaban J connectivity index is 0.000000179. The van der Waals surface area contributed by atoms with Gasteiger partial charge in [0.2, 0.25) is 0 Å². The van der Waals surface area contributed by atoms with Crippen molar-refractivity contribution in [3.63, 3.8) is 0 Å². The van der Waals surface area contributed by atoms with E-state index >= 15 is 0 Å². The van der Waals surface area contributed by atoms with Gasteiger partial charge in [-0.05, 0) is 59.0 Å².